The minimum atomic E-state index is 0.336. The first kappa shape index (κ1) is 18.6. The summed E-state index contributed by atoms with van der Waals surface area (Å²) in [5.41, 5.74) is 1.14. The highest BCUT2D eigenvalue weighted by Crippen LogP contribution is 2.24. The van der Waals surface area contributed by atoms with Crippen LogP contribution in [0.4, 0.5) is 0 Å². The van der Waals surface area contributed by atoms with Crippen LogP contribution in [0.5, 0.6) is 0 Å². The molecule has 0 radical (unpaired) electrons. The lowest BCUT2D eigenvalue weighted by Crippen LogP contribution is -2.47. The van der Waals surface area contributed by atoms with Crippen LogP contribution in [-0.2, 0) is 11.3 Å². The second kappa shape index (κ2) is 8.97. The van der Waals surface area contributed by atoms with Crippen LogP contribution in [0.1, 0.15) is 31.2 Å². The van der Waals surface area contributed by atoms with Crippen molar-refractivity contribution in [3.63, 3.8) is 0 Å². The standard InChI is InChI=1S/C19H29ClN4O/c1-22-9-11-24(12-10-22)19(25)5-4-16-3-2-8-23(14-16)15-17-6-7-21-13-18(17)20/h6-7,13,16H,2-5,8-12,14-15H2,1H3. The molecule has 1 amide bonds. The van der Waals surface area contributed by atoms with Crippen LogP contribution in [0.25, 0.3) is 0 Å². The maximum Gasteiger partial charge on any atom is 0.222 e. The number of carbonyl (C=O) groups excluding carboxylic acids is 1. The van der Waals surface area contributed by atoms with Crippen LogP contribution < -0.4 is 0 Å². The van der Waals surface area contributed by atoms with E-state index in [9.17, 15) is 4.79 Å². The molecule has 0 bridgehead atoms. The number of piperidine rings is 1. The van der Waals surface area contributed by atoms with Gasteiger partial charge in [0, 0.05) is 58.1 Å². The van der Waals surface area contributed by atoms with E-state index in [-0.39, 0.29) is 0 Å². The van der Waals surface area contributed by atoms with Gasteiger partial charge in [-0.15, -0.1) is 0 Å². The molecule has 1 unspecified atom stereocenters. The van der Waals surface area contributed by atoms with E-state index in [1.807, 2.05) is 11.0 Å². The van der Waals surface area contributed by atoms with E-state index in [1.165, 1.54) is 12.8 Å². The van der Waals surface area contributed by atoms with Crippen LogP contribution in [0, 0.1) is 5.92 Å². The summed E-state index contributed by atoms with van der Waals surface area (Å²) in [7, 11) is 2.12. The topological polar surface area (TPSA) is 39.7 Å². The van der Waals surface area contributed by atoms with Crippen molar-refractivity contribution in [2.24, 2.45) is 5.92 Å². The van der Waals surface area contributed by atoms with E-state index >= 15 is 0 Å². The average Bonchev–Trinajstić information content (AvgIpc) is 2.63. The summed E-state index contributed by atoms with van der Waals surface area (Å²) in [5.74, 6) is 0.952. The minimum Gasteiger partial charge on any atom is -0.340 e. The SMILES string of the molecule is CN1CCN(C(=O)CCC2CCCN(Cc3ccncc3Cl)C2)CC1. The summed E-state index contributed by atoms with van der Waals surface area (Å²) >= 11 is 6.24. The minimum absolute atomic E-state index is 0.336. The molecule has 0 N–H and O–H groups in total. The van der Waals surface area contributed by atoms with Crippen molar-refractivity contribution < 1.29 is 4.79 Å². The number of aromatic nitrogens is 1. The molecule has 0 aromatic carbocycles. The van der Waals surface area contributed by atoms with Crippen molar-refractivity contribution in [2.45, 2.75) is 32.2 Å². The lowest BCUT2D eigenvalue weighted by Gasteiger charge is -2.34. The molecule has 5 nitrogen and oxygen atoms in total. The van der Waals surface area contributed by atoms with Crippen LogP contribution in [0.2, 0.25) is 5.02 Å². The molecule has 3 rings (SSSR count). The molecule has 1 atom stereocenters. The number of hydrogen-bond acceptors (Lipinski definition) is 4. The van der Waals surface area contributed by atoms with Gasteiger partial charge in [-0.25, -0.2) is 0 Å². The highest BCUT2D eigenvalue weighted by molar-refractivity contribution is 6.31. The molecule has 2 saturated heterocycles. The van der Waals surface area contributed by atoms with Crippen molar-refractivity contribution in [1.29, 1.82) is 0 Å². The Bertz CT molecular complexity index is 574. The first-order valence-corrected chi connectivity index (χ1v) is 9.76. The summed E-state index contributed by atoms with van der Waals surface area (Å²) in [6, 6.07) is 2.00. The van der Waals surface area contributed by atoms with Crippen molar-refractivity contribution in [2.75, 3.05) is 46.3 Å². The van der Waals surface area contributed by atoms with Crippen molar-refractivity contribution in [3.05, 3.63) is 29.0 Å². The average molecular weight is 365 g/mol. The maximum atomic E-state index is 12.4. The molecule has 3 heterocycles. The van der Waals surface area contributed by atoms with Gasteiger partial charge in [-0.2, -0.15) is 0 Å². The zero-order chi connectivity index (χ0) is 17.6. The van der Waals surface area contributed by atoms with E-state index in [4.69, 9.17) is 11.6 Å². The largest absolute Gasteiger partial charge is 0.340 e. The lowest BCUT2D eigenvalue weighted by molar-refractivity contribution is -0.133. The Morgan fingerprint density at radius 2 is 2.08 bits per heavy atom. The number of piperazine rings is 1. The van der Waals surface area contributed by atoms with Gasteiger partial charge >= 0.3 is 0 Å². The number of nitrogens with zero attached hydrogens (tertiary/aromatic N) is 4. The molecule has 0 aliphatic carbocycles. The molecule has 1 aromatic heterocycles. The molecular formula is C19H29ClN4O. The summed E-state index contributed by atoms with van der Waals surface area (Å²) in [5, 5.41) is 0.745. The lowest BCUT2D eigenvalue weighted by atomic mass is 9.93. The number of likely N-dealkylation sites (tertiary alicyclic amines) is 1. The predicted molar refractivity (Wildman–Crippen MR) is 101 cm³/mol. The molecule has 2 fully saturated rings. The monoisotopic (exact) mass is 364 g/mol. The number of hydrogen-bond donors (Lipinski definition) is 0. The Morgan fingerprint density at radius 1 is 1.28 bits per heavy atom. The molecule has 1 aromatic rings. The van der Waals surface area contributed by atoms with Gasteiger partial charge in [0.1, 0.15) is 0 Å². The first-order chi connectivity index (χ1) is 12.1. The van der Waals surface area contributed by atoms with Crippen molar-refractivity contribution in [3.8, 4) is 0 Å². The van der Waals surface area contributed by atoms with E-state index in [0.717, 1.165) is 62.8 Å². The van der Waals surface area contributed by atoms with Gasteiger partial charge in [-0.1, -0.05) is 11.6 Å². The predicted octanol–water partition coefficient (Wildman–Crippen LogP) is 2.50. The molecule has 6 heteroatoms. The van der Waals surface area contributed by atoms with Crippen LogP contribution in [0.3, 0.4) is 0 Å². The zero-order valence-corrected chi connectivity index (χ0v) is 15.9. The highest BCUT2D eigenvalue weighted by Gasteiger charge is 2.23. The number of halogens is 1. The Morgan fingerprint density at radius 3 is 2.84 bits per heavy atom. The van der Waals surface area contributed by atoms with Crippen LogP contribution in [0.15, 0.2) is 18.5 Å². The van der Waals surface area contributed by atoms with Gasteiger partial charge in [0.15, 0.2) is 0 Å². The summed E-state index contributed by atoms with van der Waals surface area (Å²) in [6.45, 7) is 6.81. The van der Waals surface area contributed by atoms with Gasteiger partial charge in [0.05, 0.1) is 5.02 Å². The summed E-state index contributed by atoms with van der Waals surface area (Å²) in [6.07, 6.45) is 7.65. The van der Waals surface area contributed by atoms with E-state index < -0.39 is 0 Å². The fraction of sp³-hybridized carbons (Fsp3) is 0.684. The molecule has 0 spiro atoms. The third-order valence-corrected chi connectivity index (χ3v) is 5.82. The number of pyridine rings is 1. The Hall–Kier alpha value is -1.17. The Labute approximate surface area is 155 Å². The Kier molecular flexibility index (Phi) is 6.68. The smallest absolute Gasteiger partial charge is 0.222 e. The second-order valence-electron chi connectivity index (χ2n) is 7.43. The van der Waals surface area contributed by atoms with E-state index in [1.54, 1.807) is 12.4 Å². The van der Waals surface area contributed by atoms with Crippen LogP contribution >= 0.6 is 11.6 Å². The molecule has 0 saturated carbocycles. The van der Waals surface area contributed by atoms with Gasteiger partial charge in [-0.3, -0.25) is 14.7 Å². The summed E-state index contributed by atoms with van der Waals surface area (Å²) in [4.78, 5) is 23.3. The Balaban J connectivity index is 1.44. The van der Waals surface area contributed by atoms with Crippen molar-refractivity contribution in [1.82, 2.24) is 19.7 Å². The number of amides is 1. The van der Waals surface area contributed by atoms with Gasteiger partial charge in [0.2, 0.25) is 5.91 Å². The summed E-state index contributed by atoms with van der Waals surface area (Å²) < 4.78 is 0. The van der Waals surface area contributed by atoms with Gasteiger partial charge < -0.3 is 9.80 Å². The van der Waals surface area contributed by atoms with E-state index in [0.29, 0.717) is 18.2 Å². The van der Waals surface area contributed by atoms with Gasteiger partial charge in [0.25, 0.3) is 0 Å². The highest BCUT2D eigenvalue weighted by atomic mass is 35.5. The fourth-order valence-corrected chi connectivity index (χ4v) is 4.02. The van der Waals surface area contributed by atoms with E-state index in [2.05, 4.69) is 21.8 Å². The van der Waals surface area contributed by atoms with Gasteiger partial charge in [-0.05, 0) is 50.4 Å². The fourth-order valence-electron chi connectivity index (χ4n) is 3.85. The van der Waals surface area contributed by atoms with Crippen molar-refractivity contribution >= 4 is 17.5 Å². The molecule has 138 valence electrons. The third kappa shape index (κ3) is 5.40. The van der Waals surface area contributed by atoms with Crippen LogP contribution in [-0.4, -0.2) is 71.9 Å². The number of carbonyl (C=O) groups is 1. The molecule has 25 heavy (non-hydrogen) atoms. The quantitative estimate of drug-likeness (QED) is 0.804. The number of likely N-dealkylation sites (N-methyl/N-ethyl adjacent to an activating group) is 1. The maximum absolute atomic E-state index is 12.4. The molecule has 2 aliphatic rings. The third-order valence-electron chi connectivity index (χ3n) is 5.48. The zero-order valence-electron chi connectivity index (χ0n) is 15.2. The second-order valence-corrected chi connectivity index (χ2v) is 7.84. The molecular weight excluding hydrogens is 336 g/mol. The molecule has 2 aliphatic heterocycles. The number of rotatable bonds is 5. The first-order valence-electron chi connectivity index (χ1n) is 9.39. The normalized spacial score (nSPS) is 23.0.